The van der Waals surface area contributed by atoms with E-state index in [2.05, 4.69) is 24.4 Å². The fourth-order valence-electron chi connectivity index (χ4n) is 2.25. The molecule has 0 aromatic heterocycles. The molecule has 0 saturated heterocycles. The zero-order valence-corrected chi connectivity index (χ0v) is 12.8. The molecule has 0 bridgehead atoms. The molecule has 3 heteroatoms. The van der Waals surface area contributed by atoms with Crippen LogP contribution in [0.5, 0.6) is 11.5 Å². The number of ether oxygens (including phenoxy) is 1. The largest absolute Gasteiger partial charge is 0.457 e. The summed E-state index contributed by atoms with van der Waals surface area (Å²) in [5, 5.41) is 3.11. The van der Waals surface area contributed by atoms with Crippen LogP contribution in [0.15, 0.2) is 42.5 Å². The maximum absolute atomic E-state index is 13.4. The van der Waals surface area contributed by atoms with Gasteiger partial charge in [-0.3, -0.25) is 0 Å². The third-order valence-electron chi connectivity index (χ3n) is 3.56. The molecule has 0 radical (unpaired) electrons. The van der Waals surface area contributed by atoms with Crippen molar-refractivity contribution in [3.8, 4) is 11.5 Å². The van der Waals surface area contributed by atoms with Gasteiger partial charge < -0.3 is 10.1 Å². The summed E-state index contributed by atoms with van der Waals surface area (Å²) in [6, 6.07) is 12.7. The molecule has 0 aliphatic rings. The second kappa shape index (κ2) is 7.23. The molecule has 1 N–H and O–H groups in total. The van der Waals surface area contributed by atoms with Crippen molar-refractivity contribution in [2.24, 2.45) is 0 Å². The van der Waals surface area contributed by atoms with Gasteiger partial charge in [0.05, 0.1) is 0 Å². The Morgan fingerprint density at radius 1 is 1.14 bits per heavy atom. The third kappa shape index (κ3) is 4.05. The average Bonchev–Trinajstić information content (AvgIpc) is 2.50. The van der Waals surface area contributed by atoms with Crippen LogP contribution in [0.3, 0.4) is 0 Å². The predicted octanol–water partition coefficient (Wildman–Crippen LogP) is 4.85. The molecule has 0 fully saturated rings. The topological polar surface area (TPSA) is 21.3 Å². The van der Waals surface area contributed by atoms with Crippen molar-refractivity contribution in [2.75, 3.05) is 7.05 Å². The van der Waals surface area contributed by atoms with Gasteiger partial charge in [-0.25, -0.2) is 4.39 Å². The molecule has 0 saturated carbocycles. The fraction of sp³-hybridized carbons (Fsp3) is 0.333. The van der Waals surface area contributed by atoms with Gasteiger partial charge in [0.15, 0.2) is 0 Å². The quantitative estimate of drug-likeness (QED) is 0.820. The van der Waals surface area contributed by atoms with E-state index in [1.807, 2.05) is 26.1 Å². The van der Waals surface area contributed by atoms with E-state index in [0.717, 1.165) is 24.2 Å². The normalized spacial score (nSPS) is 12.2. The van der Waals surface area contributed by atoms with Gasteiger partial charge in [-0.1, -0.05) is 25.5 Å². The van der Waals surface area contributed by atoms with Crippen LogP contribution in [0, 0.1) is 5.82 Å². The number of nitrogens with one attached hydrogen (secondary N) is 1. The molecular weight excluding hydrogens is 265 g/mol. The lowest BCUT2D eigenvalue weighted by Crippen LogP contribution is -2.13. The molecule has 0 heterocycles. The summed E-state index contributed by atoms with van der Waals surface area (Å²) >= 11 is 0. The molecule has 1 atom stereocenters. The van der Waals surface area contributed by atoms with Gasteiger partial charge in [0.25, 0.3) is 0 Å². The lowest BCUT2D eigenvalue weighted by Gasteiger charge is -2.16. The SMILES string of the molecule is CCCc1ccc(Oc2ccc(F)cc2C(C)NC)cc1. The minimum absolute atomic E-state index is 0.0232. The van der Waals surface area contributed by atoms with E-state index in [4.69, 9.17) is 4.74 Å². The molecule has 21 heavy (non-hydrogen) atoms. The number of benzene rings is 2. The van der Waals surface area contributed by atoms with Crippen molar-refractivity contribution in [1.29, 1.82) is 0 Å². The van der Waals surface area contributed by atoms with E-state index < -0.39 is 0 Å². The first-order chi connectivity index (χ1) is 10.1. The number of rotatable bonds is 6. The second-order valence-electron chi connectivity index (χ2n) is 5.19. The molecule has 112 valence electrons. The fourth-order valence-corrected chi connectivity index (χ4v) is 2.25. The van der Waals surface area contributed by atoms with Gasteiger partial charge in [0, 0.05) is 11.6 Å². The summed E-state index contributed by atoms with van der Waals surface area (Å²) in [5.74, 6) is 1.20. The zero-order chi connectivity index (χ0) is 15.2. The average molecular weight is 287 g/mol. The highest BCUT2D eigenvalue weighted by Gasteiger charge is 2.12. The molecular formula is C18H22FNO. The highest BCUT2D eigenvalue weighted by molar-refractivity contribution is 5.40. The Kier molecular flexibility index (Phi) is 5.34. The van der Waals surface area contributed by atoms with Crippen molar-refractivity contribution in [1.82, 2.24) is 5.32 Å². The maximum atomic E-state index is 13.4. The van der Waals surface area contributed by atoms with Gasteiger partial charge in [-0.05, 0) is 56.3 Å². The predicted molar refractivity (Wildman–Crippen MR) is 84.4 cm³/mol. The van der Waals surface area contributed by atoms with E-state index in [-0.39, 0.29) is 11.9 Å². The first-order valence-corrected chi connectivity index (χ1v) is 7.37. The van der Waals surface area contributed by atoms with E-state index in [0.29, 0.717) is 5.75 Å². The second-order valence-corrected chi connectivity index (χ2v) is 5.19. The highest BCUT2D eigenvalue weighted by atomic mass is 19.1. The molecule has 0 aliphatic carbocycles. The van der Waals surface area contributed by atoms with Gasteiger partial charge in [0.1, 0.15) is 17.3 Å². The van der Waals surface area contributed by atoms with E-state index in [1.165, 1.54) is 17.7 Å². The Hall–Kier alpha value is -1.87. The van der Waals surface area contributed by atoms with Crippen LogP contribution in [0.1, 0.15) is 37.4 Å². The molecule has 0 spiro atoms. The summed E-state index contributed by atoms with van der Waals surface area (Å²) < 4.78 is 19.4. The molecule has 2 aromatic rings. The molecule has 1 unspecified atom stereocenters. The molecule has 0 aliphatic heterocycles. The lowest BCUT2D eigenvalue weighted by molar-refractivity contribution is 0.463. The monoisotopic (exact) mass is 287 g/mol. The minimum atomic E-state index is -0.252. The maximum Gasteiger partial charge on any atom is 0.132 e. The zero-order valence-electron chi connectivity index (χ0n) is 12.8. The van der Waals surface area contributed by atoms with Crippen molar-refractivity contribution in [3.05, 3.63) is 59.4 Å². The number of aryl methyl sites for hydroxylation is 1. The lowest BCUT2D eigenvalue weighted by atomic mass is 10.1. The molecule has 2 nitrogen and oxygen atoms in total. The number of halogens is 1. The Morgan fingerprint density at radius 2 is 1.86 bits per heavy atom. The number of hydrogen-bond acceptors (Lipinski definition) is 2. The molecule has 2 aromatic carbocycles. The van der Waals surface area contributed by atoms with Crippen LogP contribution in [0.25, 0.3) is 0 Å². The summed E-state index contributed by atoms with van der Waals surface area (Å²) in [7, 11) is 1.85. The summed E-state index contributed by atoms with van der Waals surface area (Å²) in [6.45, 7) is 4.14. The van der Waals surface area contributed by atoms with E-state index in [1.54, 1.807) is 6.07 Å². The Bertz CT molecular complexity index is 580. The standard InChI is InChI=1S/C18H22FNO/c1-4-5-14-6-9-16(10-7-14)21-18-11-8-15(19)12-17(18)13(2)20-3/h6-13,20H,4-5H2,1-3H3. The van der Waals surface area contributed by atoms with Gasteiger partial charge >= 0.3 is 0 Å². The van der Waals surface area contributed by atoms with E-state index in [9.17, 15) is 4.39 Å². The Balaban J connectivity index is 2.22. The van der Waals surface area contributed by atoms with Gasteiger partial charge in [0.2, 0.25) is 0 Å². The molecule has 0 amide bonds. The summed E-state index contributed by atoms with van der Waals surface area (Å²) in [5.41, 5.74) is 2.11. The van der Waals surface area contributed by atoms with Crippen LogP contribution in [0.4, 0.5) is 4.39 Å². The first kappa shape index (κ1) is 15.5. The van der Waals surface area contributed by atoms with Crippen molar-refractivity contribution in [3.63, 3.8) is 0 Å². The van der Waals surface area contributed by atoms with Gasteiger partial charge in [-0.15, -0.1) is 0 Å². The van der Waals surface area contributed by atoms with E-state index >= 15 is 0 Å². The molecule has 2 rings (SSSR count). The third-order valence-corrected chi connectivity index (χ3v) is 3.56. The van der Waals surface area contributed by atoms with Crippen molar-refractivity contribution in [2.45, 2.75) is 32.7 Å². The number of hydrogen-bond donors (Lipinski definition) is 1. The Morgan fingerprint density at radius 3 is 2.48 bits per heavy atom. The van der Waals surface area contributed by atoms with Crippen LogP contribution < -0.4 is 10.1 Å². The summed E-state index contributed by atoms with van der Waals surface area (Å²) in [6.07, 6.45) is 2.20. The minimum Gasteiger partial charge on any atom is -0.457 e. The smallest absolute Gasteiger partial charge is 0.132 e. The highest BCUT2D eigenvalue weighted by Crippen LogP contribution is 2.30. The van der Waals surface area contributed by atoms with Crippen LogP contribution >= 0.6 is 0 Å². The van der Waals surface area contributed by atoms with Gasteiger partial charge in [-0.2, -0.15) is 0 Å². The van der Waals surface area contributed by atoms with Crippen LogP contribution in [0.2, 0.25) is 0 Å². The van der Waals surface area contributed by atoms with Crippen LogP contribution in [-0.4, -0.2) is 7.05 Å². The first-order valence-electron chi connectivity index (χ1n) is 7.37. The van der Waals surface area contributed by atoms with Crippen LogP contribution in [-0.2, 0) is 6.42 Å². The van der Waals surface area contributed by atoms with Crippen molar-refractivity contribution >= 4 is 0 Å². The van der Waals surface area contributed by atoms with Crippen molar-refractivity contribution < 1.29 is 9.13 Å². The summed E-state index contributed by atoms with van der Waals surface area (Å²) in [4.78, 5) is 0. The Labute approximate surface area is 126 Å².